The fourth-order valence-electron chi connectivity index (χ4n) is 5.73. The van der Waals surface area contributed by atoms with Gasteiger partial charge in [0.1, 0.15) is 0 Å². The average molecular weight is 842 g/mol. The Bertz CT molecular complexity index is 1710. The van der Waals surface area contributed by atoms with Gasteiger partial charge in [0.2, 0.25) is 0 Å². The maximum atomic E-state index is 14.6. The van der Waals surface area contributed by atoms with E-state index in [-0.39, 0.29) is 12.8 Å². The molecule has 6 aromatic carbocycles. The van der Waals surface area contributed by atoms with Crippen molar-refractivity contribution in [1.29, 1.82) is 0 Å². The molecule has 6 rings (SSSR count). The van der Waals surface area contributed by atoms with Crippen LogP contribution in [0.3, 0.4) is 0 Å². The molecule has 0 spiro atoms. The standard InChI is InChI=1S/C18H16O4.4C6H5.2Sn.2H/c19-17(20)15(11-13-7-3-1-4-8-13)16(18(21)22)12-14-9-5-2-6-10-14;4*1-2-4-6-5-3-1;;;;/h1-10H,11-12H2,(H,19,20)(H,21,22);4*1-5H;;;;/q;;;;;2*+1;;/p-2/b16-15-;;;;;;;;. The third kappa shape index (κ3) is 8.93. The van der Waals surface area contributed by atoms with E-state index in [2.05, 4.69) is 0 Å². The van der Waals surface area contributed by atoms with Gasteiger partial charge in [0.25, 0.3) is 0 Å². The Morgan fingerprint density at radius 1 is 0.354 bits per heavy atom. The van der Waals surface area contributed by atoms with E-state index in [0.717, 1.165) is 25.4 Å². The summed E-state index contributed by atoms with van der Waals surface area (Å²) >= 11 is -6.81. The Kier molecular flexibility index (Phi) is 12.0. The third-order valence-corrected chi connectivity index (χ3v) is 22.0. The molecule has 48 heavy (non-hydrogen) atoms. The molecule has 0 saturated carbocycles. The molecular weight excluding hydrogens is 806 g/mol. The molecule has 4 nitrogen and oxygen atoms in total. The summed E-state index contributed by atoms with van der Waals surface area (Å²) in [6.45, 7) is 0. The second kappa shape index (κ2) is 17.1. The minimum absolute atomic E-state index is 0.246. The SMILES string of the molecule is O=C([O][SnH]([c]1ccccc1)[c]1ccccc1)/C(Cc1ccccc1)=C(/Cc1ccccc1)C(=O)[O][SnH]([c]1ccccc1)[c]1ccccc1. The Labute approximate surface area is 297 Å². The van der Waals surface area contributed by atoms with Gasteiger partial charge in [0.15, 0.2) is 0 Å². The third-order valence-electron chi connectivity index (χ3n) is 8.16. The van der Waals surface area contributed by atoms with Gasteiger partial charge in [0.05, 0.1) is 0 Å². The molecule has 0 bridgehead atoms. The first kappa shape index (κ1) is 33.5. The Balaban J connectivity index is 1.46. The number of hydrogen-bond donors (Lipinski definition) is 0. The van der Waals surface area contributed by atoms with Crippen LogP contribution in [-0.2, 0) is 28.6 Å². The van der Waals surface area contributed by atoms with Crippen LogP contribution in [-0.4, -0.2) is 52.3 Å². The molecule has 0 heterocycles. The molecule has 0 unspecified atom stereocenters. The monoisotopic (exact) mass is 844 g/mol. The van der Waals surface area contributed by atoms with Crippen molar-refractivity contribution >= 4 is 66.6 Å². The Hall–Kier alpha value is -4.40. The molecule has 0 aromatic heterocycles. The molecule has 236 valence electrons. The van der Waals surface area contributed by atoms with Crippen molar-refractivity contribution in [2.75, 3.05) is 0 Å². The fourth-order valence-corrected chi connectivity index (χ4v) is 18.0. The summed E-state index contributed by atoms with van der Waals surface area (Å²) < 4.78 is 17.4. The molecule has 0 amide bonds. The number of hydrogen-bond acceptors (Lipinski definition) is 4. The summed E-state index contributed by atoms with van der Waals surface area (Å²) in [6.07, 6.45) is 0.492. The van der Waals surface area contributed by atoms with Crippen LogP contribution in [0.1, 0.15) is 11.1 Å². The van der Waals surface area contributed by atoms with E-state index in [0.29, 0.717) is 11.1 Å². The Morgan fingerprint density at radius 3 is 0.833 bits per heavy atom. The molecular formula is C42H36O4Sn2. The van der Waals surface area contributed by atoms with Crippen molar-refractivity contribution in [2.24, 2.45) is 0 Å². The van der Waals surface area contributed by atoms with Crippen LogP contribution in [0.5, 0.6) is 0 Å². The van der Waals surface area contributed by atoms with Gasteiger partial charge in [-0.2, -0.15) is 0 Å². The fraction of sp³-hybridized carbons (Fsp3) is 0.0476. The first-order valence-electron chi connectivity index (χ1n) is 16.1. The zero-order chi connectivity index (χ0) is 33.0. The summed E-state index contributed by atoms with van der Waals surface area (Å²) in [5.41, 5.74) is 2.52. The quantitative estimate of drug-likeness (QED) is 0.130. The van der Waals surface area contributed by atoms with Crippen LogP contribution < -0.4 is 14.3 Å². The topological polar surface area (TPSA) is 52.6 Å². The summed E-state index contributed by atoms with van der Waals surface area (Å²) in [7, 11) is 0. The van der Waals surface area contributed by atoms with E-state index in [1.807, 2.05) is 182 Å². The number of carbonyl (C=O) groups excluding carboxylic acids is 2. The molecule has 0 fully saturated rings. The first-order valence-corrected chi connectivity index (χ1v) is 25.4. The van der Waals surface area contributed by atoms with Gasteiger partial charge in [-0.3, -0.25) is 0 Å². The molecule has 0 atom stereocenters. The van der Waals surface area contributed by atoms with Crippen molar-refractivity contribution < 1.29 is 15.7 Å². The zero-order valence-electron chi connectivity index (χ0n) is 26.5. The van der Waals surface area contributed by atoms with Gasteiger partial charge in [-0.15, -0.1) is 0 Å². The van der Waals surface area contributed by atoms with E-state index < -0.39 is 52.3 Å². The molecule has 6 aromatic rings. The predicted molar refractivity (Wildman–Crippen MR) is 198 cm³/mol. The summed E-state index contributed by atoms with van der Waals surface area (Å²) in [5.74, 6) is -0.914. The van der Waals surface area contributed by atoms with Crippen LogP contribution in [0.4, 0.5) is 0 Å². The maximum absolute atomic E-state index is 14.6. The summed E-state index contributed by atoms with van der Waals surface area (Å²) in [5, 5.41) is 0. The Morgan fingerprint density at radius 2 is 0.583 bits per heavy atom. The van der Waals surface area contributed by atoms with E-state index >= 15 is 0 Å². The first-order chi connectivity index (χ1) is 23.7. The minimum atomic E-state index is -3.41. The van der Waals surface area contributed by atoms with Crippen LogP contribution in [0.25, 0.3) is 0 Å². The molecule has 0 N–H and O–H groups in total. The number of carbonyl (C=O) groups is 2. The number of rotatable bonds is 12. The van der Waals surface area contributed by atoms with Gasteiger partial charge < -0.3 is 0 Å². The predicted octanol–water partition coefficient (Wildman–Crippen LogP) is 4.93. The van der Waals surface area contributed by atoms with E-state index in [1.165, 1.54) is 0 Å². The zero-order valence-corrected chi connectivity index (χ0v) is 33.1. The molecule has 0 aliphatic carbocycles. The second-order valence-electron chi connectivity index (χ2n) is 11.5. The average Bonchev–Trinajstić information content (AvgIpc) is 3.16. The van der Waals surface area contributed by atoms with E-state index in [4.69, 9.17) is 6.15 Å². The van der Waals surface area contributed by atoms with Gasteiger partial charge in [-0.05, 0) is 0 Å². The summed E-state index contributed by atoms with van der Waals surface area (Å²) in [4.78, 5) is 29.3. The van der Waals surface area contributed by atoms with Crippen LogP contribution in [0.2, 0.25) is 0 Å². The van der Waals surface area contributed by atoms with Gasteiger partial charge in [-0.25, -0.2) is 0 Å². The van der Waals surface area contributed by atoms with Crippen molar-refractivity contribution in [3.05, 3.63) is 204 Å². The van der Waals surface area contributed by atoms with Gasteiger partial charge in [-0.1, -0.05) is 0 Å². The molecule has 0 aliphatic rings. The number of benzene rings is 6. The van der Waals surface area contributed by atoms with Crippen molar-refractivity contribution in [3.8, 4) is 0 Å². The van der Waals surface area contributed by atoms with Gasteiger partial charge in [0, 0.05) is 0 Å². The second-order valence-corrected chi connectivity index (χ2v) is 24.8. The van der Waals surface area contributed by atoms with Crippen LogP contribution >= 0.6 is 0 Å². The van der Waals surface area contributed by atoms with E-state index in [1.54, 1.807) is 0 Å². The van der Waals surface area contributed by atoms with Crippen LogP contribution in [0.15, 0.2) is 193 Å². The van der Waals surface area contributed by atoms with Crippen LogP contribution in [0, 0.1) is 0 Å². The molecule has 0 radical (unpaired) electrons. The normalized spacial score (nSPS) is 11.5. The summed E-state index contributed by atoms with van der Waals surface area (Å²) in [6, 6.07) is 59.6. The molecule has 6 heteroatoms. The molecule has 0 aliphatic heterocycles. The van der Waals surface area contributed by atoms with Crippen molar-refractivity contribution in [2.45, 2.75) is 12.8 Å². The van der Waals surface area contributed by atoms with E-state index in [9.17, 15) is 9.59 Å². The van der Waals surface area contributed by atoms with Crippen molar-refractivity contribution in [3.63, 3.8) is 0 Å². The van der Waals surface area contributed by atoms with Crippen molar-refractivity contribution in [1.82, 2.24) is 0 Å². The molecule has 0 saturated heterocycles. The van der Waals surface area contributed by atoms with Gasteiger partial charge >= 0.3 is 299 Å².